The Hall–Kier alpha value is -3.62. The minimum absolute atomic E-state index is 0.0361. The Labute approximate surface area is 199 Å². The van der Waals surface area contributed by atoms with E-state index in [-0.39, 0.29) is 21.1 Å². The molecule has 2 aromatic carbocycles. The van der Waals surface area contributed by atoms with Crippen LogP contribution in [0.1, 0.15) is 15.9 Å². The van der Waals surface area contributed by atoms with E-state index in [1.165, 1.54) is 32.7 Å². The molecule has 0 radical (unpaired) electrons. The number of ether oxygens (including phenoxy) is 2. The summed E-state index contributed by atoms with van der Waals surface area (Å²) in [7, 11) is 2.95. The number of rotatable bonds is 4. The molecule has 0 saturated heterocycles. The first-order valence-corrected chi connectivity index (χ1v) is 10.3. The molecule has 0 saturated carbocycles. The Kier molecular flexibility index (Phi) is 7.52. The van der Waals surface area contributed by atoms with Crippen LogP contribution in [0.2, 0.25) is 10.0 Å². The number of hydrogen-bond donors (Lipinski definition) is 2. The Morgan fingerprint density at radius 2 is 1.55 bits per heavy atom. The fourth-order valence-corrected chi connectivity index (χ4v) is 3.74. The van der Waals surface area contributed by atoms with Gasteiger partial charge < -0.3 is 20.3 Å². The molecule has 0 spiro atoms. The number of nitrogens with two attached hydrogens (primary N) is 1. The highest BCUT2D eigenvalue weighted by molar-refractivity contribution is 6.41. The molecule has 0 bridgehead atoms. The van der Waals surface area contributed by atoms with Crippen molar-refractivity contribution < 1.29 is 19.4 Å². The summed E-state index contributed by atoms with van der Waals surface area (Å²) in [5.41, 5.74) is 8.05. The van der Waals surface area contributed by atoms with E-state index in [4.69, 9.17) is 38.4 Å². The van der Waals surface area contributed by atoms with Gasteiger partial charge in [-0.05, 0) is 24.6 Å². The third-order valence-electron chi connectivity index (χ3n) is 4.63. The number of carboxylic acids is 1. The van der Waals surface area contributed by atoms with E-state index in [9.17, 15) is 9.90 Å². The number of halogens is 2. The molecule has 2 aromatic heterocycles. The summed E-state index contributed by atoms with van der Waals surface area (Å²) in [6.07, 6.45) is 4.64. The number of carbonyl (C=O) groups is 1. The Morgan fingerprint density at radius 3 is 2.03 bits per heavy atom. The molecule has 3 N–H and O–H groups in total. The number of nitrogens with zero attached hydrogens (tertiary/aromatic N) is 3. The number of fused-ring (bicyclic) bond motifs is 1. The molecule has 170 valence electrons. The molecule has 0 aliphatic carbocycles. The molecule has 0 unspecified atom stereocenters. The van der Waals surface area contributed by atoms with Crippen molar-refractivity contribution in [3.63, 3.8) is 0 Å². The predicted octanol–water partition coefficient (Wildman–Crippen LogP) is 5.29. The first-order valence-electron chi connectivity index (χ1n) is 9.54. The summed E-state index contributed by atoms with van der Waals surface area (Å²) < 4.78 is 10.6. The van der Waals surface area contributed by atoms with Gasteiger partial charge in [0.25, 0.3) is 0 Å². The second-order valence-electron chi connectivity index (χ2n) is 6.76. The van der Waals surface area contributed by atoms with E-state index in [0.29, 0.717) is 34.0 Å². The maximum atomic E-state index is 11.4. The SMILES string of the molecule is COc1cc(OC)c(Cl)c(-c2ccc(C(=O)O)c3nccnc23)c1Cl.Cc1ccc(N)nc1. The van der Waals surface area contributed by atoms with Crippen LogP contribution in [0.5, 0.6) is 11.5 Å². The number of aryl methyl sites for hydroxylation is 1. The maximum absolute atomic E-state index is 11.4. The van der Waals surface area contributed by atoms with Crippen molar-refractivity contribution in [2.45, 2.75) is 6.92 Å². The Bertz CT molecular complexity index is 1270. The van der Waals surface area contributed by atoms with Crippen LogP contribution in [-0.2, 0) is 0 Å². The van der Waals surface area contributed by atoms with Gasteiger partial charge >= 0.3 is 5.97 Å². The van der Waals surface area contributed by atoms with Gasteiger partial charge in [0.15, 0.2) is 0 Å². The molecule has 0 aliphatic heterocycles. The zero-order valence-electron chi connectivity index (χ0n) is 18.0. The van der Waals surface area contributed by atoms with Gasteiger partial charge in [0.1, 0.15) is 22.8 Å². The first kappa shape index (κ1) is 24.0. The van der Waals surface area contributed by atoms with E-state index in [1.54, 1.807) is 24.4 Å². The molecule has 33 heavy (non-hydrogen) atoms. The molecule has 0 atom stereocenters. The lowest BCUT2D eigenvalue weighted by Gasteiger charge is -2.16. The molecule has 2 heterocycles. The van der Waals surface area contributed by atoms with Gasteiger partial charge in [0, 0.05) is 35.8 Å². The average Bonchev–Trinajstić information content (AvgIpc) is 2.81. The van der Waals surface area contributed by atoms with E-state index in [2.05, 4.69) is 15.0 Å². The molecule has 0 amide bonds. The highest BCUT2D eigenvalue weighted by atomic mass is 35.5. The van der Waals surface area contributed by atoms with Crippen molar-refractivity contribution in [2.75, 3.05) is 20.0 Å². The molecule has 0 fully saturated rings. The smallest absolute Gasteiger partial charge is 0.337 e. The molecule has 4 rings (SSSR count). The highest BCUT2D eigenvalue weighted by Gasteiger charge is 2.22. The largest absolute Gasteiger partial charge is 0.495 e. The topological polar surface area (TPSA) is 120 Å². The molecule has 4 aromatic rings. The summed E-state index contributed by atoms with van der Waals surface area (Å²) in [4.78, 5) is 23.7. The van der Waals surface area contributed by atoms with Crippen LogP contribution in [-0.4, -0.2) is 40.2 Å². The van der Waals surface area contributed by atoms with Crippen molar-refractivity contribution in [2.24, 2.45) is 0 Å². The molecule has 10 heteroatoms. The fourth-order valence-electron chi connectivity index (χ4n) is 3.03. The number of carboxylic acid groups (broad SMARTS) is 1. The quantitative estimate of drug-likeness (QED) is 0.398. The van der Waals surface area contributed by atoms with Crippen molar-refractivity contribution in [3.05, 3.63) is 70.1 Å². The van der Waals surface area contributed by atoms with Crippen molar-refractivity contribution in [1.29, 1.82) is 0 Å². The summed E-state index contributed by atoms with van der Waals surface area (Å²) in [6.45, 7) is 1.98. The molecule has 8 nitrogen and oxygen atoms in total. The number of aromatic carboxylic acids is 1. The monoisotopic (exact) mass is 486 g/mol. The summed E-state index contributed by atoms with van der Waals surface area (Å²) in [5.74, 6) is 0.225. The van der Waals surface area contributed by atoms with E-state index in [1.807, 2.05) is 13.0 Å². The number of nitrogen functional groups attached to an aromatic ring is 1. The second kappa shape index (κ2) is 10.3. The summed E-state index contributed by atoms with van der Waals surface area (Å²) in [6, 6.07) is 8.32. The fraction of sp³-hybridized carbons (Fsp3) is 0.130. The van der Waals surface area contributed by atoms with Gasteiger partial charge in [-0.3, -0.25) is 9.97 Å². The van der Waals surface area contributed by atoms with Gasteiger partial charge in [-0.25, -0.2) is 9.78 Å². The number of benzene rings is 2. The summed E-state index contributed by atoms with van der Waals surface area (Å²) in [5, 5.41) is 9.89. The Morgan fingerprint density at radius 1 is 0.939 bits per heavy atom. The maximum Gasteiger partial charge on any atom is 0.337 e. The first-order chi connectivity index (χ1) is 15.8. The lowest BCUT2D eigenvalue weighted by Crippen LogP contribution is -2.01. The van der Waals surface area contributed by atoms with Gasteiger partial charge in [0.2, 0.25) is 0 Å². The number of anilines is 1. The van der Waals surface area contributed by atoms with Crippen LogP contribution in [0.3, 0.4) is 0 Å². The van der Waals surface area contributed by atoms with E-state index in [0.717, 1.165) is 5.56 Å². The van der Waals surface area contributed by atoms with Gasteiger partial charge in [-0.1, -0.05) is 35.3 Å². The third kappa shape index (κ3) is 5.08. The zero-order chi connectivity index (χ0) is 24.1. The molecular weight excluding hydrogens is 467 g/mol. The van der Waals surface area contributed by atoms with Crippen molar-refractivity contribution in [3.8, 4) is 22.6 Å². The lowest BCUT2D eigenvalue weighted by atomic mass is 10.00. The minimum atomic E-state index is -1.10. The number of pyridine rings is 1. The van der Waals surface area contributed by atoms with Gasteiger partial charge in [-0.15, -0.1) is 0 Å². The Balaban J connectivity index is 0.000000323. The van der Waals surface area contributed by atoms with Crippen LogP contribution in [0, 0.1) is 6.92 Å². The normalized spacial score (nSPS) is 10.3. The molecule has 0 aliphatic rings. The van der Waals surface area contributed by atoms with Gasteiger partial charge in [0.05, 0.1) is 35.3 Å². The van der Waals surface area contributed by atoms with E-state index >= 15 is 0 Å². The van der Waals surface area contributed by atoms with Crippen LogP contribution in [0.15, 0.2) is 48.9 Å². The number of methoxy groups -OCH3 is 2. The van der Waals surface area contributed by atoms with E-state index < -0.39 is 5.97 Å². The number of aromatic nitrogens is 3. The third-order valence-corrected chi connectivity index (χ3v) is 5.38. The summed E-state index contributed by atoms with van der Waals surface area (Å²) >= 11 is 12.9. The minimum Gasteiger partial charge on any atom is -0.495 e. The van der Waals surface area contributed by atoms with Crippen LogP contribution in [0.4, 0.5) is 5.82 Å². The zero-order valence-corrected chi connectivity index (χ0v) is 19.5. The van der Waals surface area contributed by atoms with Crippen molar-refractivity contribution in [1.82, 2.24) is 15.0 Å². The van der Waals surface area contributed by atoms with Crippen molar-refractivity contribution >= 4 is 46.0 Å². The average molecular weight is 487 g/mol. The number of hydrogen-bond acceptors (Lipinski definition) is 7. The highest BCUT2D eigenvalue weighted by Crippen LogP contribution is 2.47. The van der Waals surface area contributed by atoms with Gasteiger partial charge in [-0.2, -0.15) is 0 Å². The van der Waals surface area contributed by atoms with Crippen LogP contribution in [0.25, 0.3) is 22.2 Å². The second-order valence-corrected chi connectivity index (χ2v) is 7.52. The lowest BCUT2D eigenvalue weighted by molar-refractivity contribution is 0.0699. The van der Waals surface area contributed by atoms with Crippen LogP contribution < -0.4 is 15.2 Å². The predicted molar refractivity (Wildman–Crippen MR) is 128 cm³/mol. The van der Waals surface area contributed by atoms with Crippen LogP contribution >= 0.6 is 23.2 Å². The molecular formula is C23H20Cl2N4O4. The standard InChI is InChI=1S/C17H12Cl2N2O4.C6H8N2/c1-24-10-7-11(25-2)14(19)12(13(10)18)8-3-4-9(17(22)23)16-15(8)20-5-6-21-16;1-5-2-3-6(7)8-4-5/h3-7H,1-2H3,(H,22,23);2-4H,1H3,(H2,7,8).